The van der Waals surface area contributed by atoms with Crippen LogP contribution in [0.15, 0.2) is 18.5 Å². The van der Waals surface area contributed by atoms with Crippen molar-refractivity contribution in [1.29, 1.82) is 0 Å². The first-order valence-corrected chi connectivity index (χ1v) is 5.22. The van der Waals surface area contributed by atoms with Crippen LogP contribution in [0.25, 0.3) is 11.1 Å². The summed E-state index contributed by atoms with van der Waals surface area (Å²) in [4.78, 5) is 0. The molecule has 1 nitrogen and oxygen atoms in total. The number of hydrogen-bond donors (Lipinski definition) is 0. The van der Waals surface area contributed by atoms with Crippen LogP contribution in [0.4, 0.5) is 0 Å². The Morgan fingerprint density at radius 2 is 1.77 bits per heavy atom. The molecule has 0 fully saturated rings. The minimum absolute atomic E-state index is 0.988. The third-order valence-electron chi connectivity index (χ3n) is 1.43. The molecule has 0 N–H and O–H groups in total. The van der Waals surface area contributed by atoms with Gasteiger partial charge in [0.15, 0.2) is 0 Å². The molecule has 0 unspecified atom stereocenters. The SMILES string of the molecule is C=C(C)c1csnc1C(=C)C.CC. The molecule has 13 heavy (non-hydrogen) atoms. The third kappa shape index (κ3) is 3.15. The summed E-state index contributed by atoms with van der Waals surface area (Å²) in [7, 11) is 0. The summed E-state index contributed by atoms with van der Waals surface area (Å²) < 4.78 is 4.22. The lowest BCUT2D eigenvalue weighted by atomic mass is 10.1. The Hall–Kier alpha value is -0.890. The summed E-state index contributed by atoms with van der Waals surface area (Å²) in [5.74, 6) is 0. The average molecular weight is 195 g/mol. The first-order valence-electron chi connectivity index (χ1n) is 4.39. The van der Waals surface area contributed by atoms with Gasteiger partial charge in [-0.3, -0.25) is 0 Å². The van der Waals surface area contributed by atoms with Gasteiger partial charge in [-0.15, -0.1) is 0 Å². The maximum atomic E-state index is 4.22. The van der Waals surface area contributed by atoms with Gasteiger partial charge in [-0.25, -0.2) is 0 Å². The van der Waals surface area contributed by atoms with Gasteiger partial charge < -0.3 is 0 Å². The molecule has 1 aromatic heterocycles. The van der Waals surface area contributed by atoms with Crippen molar-refractivity contribution < 1.29 is 0 Å². The Kier molecular flexibility index (Phi) is 5.31. The molecule has 2 heteroatoms. The quantitative estimate of drug-likeness (QED) is 0.688. The van der Waals surface area contributed by atoms with Crippen LogP contribution in [0.3, 0.4) is 0 Å². The number of aromatic nitrogens is 1. The molecule has 0 atom stereocenters. The summed E-state index contributed by atoms with van der Waals surface area (Å²) in [5, 5.41) is 2.01. The maximum Gasteiger partial charge on any atom is 0.0866 e. The monoisotopic (exact) mass is 195 g/mol. The highest BCUT2D eigenvalue weighted by molar-refractivity contribution is 7.03. The summed E-state index contributed by atoms with van der Waals surface area (Å²) >= 11 is 1.45. The van der Waals surface area contributed by atoms with Crippen LogP contribution < -0.4 is 0 Å². The van der Waals surface area contributed by atoms with Crippen molar-refractivity contribution >= 4 is 22.7 Å². The van der Waals surface area contributed by atoms with E-state index >= 15 is 0 Å². The van der Waals surface area contributed by atoms with E-state index in [1.54, 1.807) is 0 Å². The second-order valence-electron chi connectivity index (χ2n) is 2.64. The summed E-state index contributed by atoms with van der Waals surface area (Å²) in [6, 6.07) is 0. The second kappa shape index (κ2) is 5.70. The maximum absolute atomic E-state index is 4.22. The third-order valence-corrected chi connectivity index (χ3v) is 2.06. The summed E-state index contributed by atoms with van der Waals surface area (Å²) in [5.41, 5.74) is 4.17. The van der Waals surface area contributed by atoms with Gasteiger partial charge in [0, 0.05) is 10.9 Å². The van der Waals surface area contributed by atoms with Crippen LogP contribution in [-0.4, -0.2) is 4.37 Å². The molecule has 72 valence electrons. The lowest BCUT2D eigenvalue weighted by Crippen LogP contribution is -1.83. The van der Waals surface area contributed by atoms with E-state index in [0.717, 1.165) is 22.4 Å². The van der Waals surface area contributed by atoms with Gasteiger partial charge in [0.05, 0.1) is 5.69 Å². The molecule has 0 bridgehead atoms. The molecule has 0 spiro atoms. The summed E-state index contributed by atoms with van der Waals surface area (Å²) in [6.07, 6.45) is 0. The highest BCUT2D eigenvalue weighted by Gasteiger charge is 2.05. The fourth-order valence-electron chi connectivity index (χ4n) is 0.847. The topological polar surface area (TPSA) is 12.9 Å². The van der Waals surface area contributed by atoms with Crippen molar-refractivity contribution in [3.8, 4) is 0 Å². The largest absolute Gasteiger partial charge is 0.192 e. The van der Waals surface area contributed by atoms with Gasteiger partial charge in [-0.2, -0.15) is 4.37 Å². The van der Waals surface area contributed by atoms with Gasteiger partial charge in [0.1, 0.15) is 0 Å². The fraction of sp³-hybridized carbons (Fsp3) is 0.364. The van der Waals surface area contributed by atoms with Crippen LogP contribution in [-0.2, 0) is 0 Å². The van der Waals surface area contributed by atoms with E-state index in [-0.39, 0.29) is 0 Å². The molecule has 0 saturated carbocycles. The van der Waals surface area contributed by atoms with E-state index in [0.29, 0.717) is 0 Å². The van der Waals surface area contributed by atoms with Crippen molar-refractivity contribution in [2.75, 3.05) is 0 Å². The van der Waals surface area contributed by atoms with Crippen LogP contribution in [0, 0.1) is 0 Å². The Bertz CT molecular complexity index is 268. The van der Waals surface area contributed by atoms with E-state index < -0.39 is 0 Å². The number of nitrogens with zero attached hydrogens (tertiary/aromatic N) is 1. The van der Waals surface area contributed by atoms with Gasteiger partial charge in [-0.05, 0) is 36.5 Å². The Labute approximate surface area is 85.0 Å². The first kappa shape index (κ1) is 12.1. The number of allylic oxidation sites excluding steroid dienone is 2. The van der Waals surface area contributed by atoms with Crippen molar-refractivity contribution in [3.63, 3.8) is 0 Å². The highest BCUT2D eigenvalue weighted by Crippen LogP contribution is 2.23. The van der Waals surface area contributed by atoms with Crippen molar-refractivity contribution in [1.82, 2.24) is 4.37 Å². The van der Waals surface area contributed by atoms with Gasteiger partial charge in [-0.1, -0.05) is 27.0 Å². The summed E-state index contributed by atoms with van der Waals surface area (Å²) in [6.45, 7) is 15.7. The average Bonchev–Trinajstić information content (AvgIpc) is 2.55. The van der Waals surface area contributed by atoms with Gasteiger partial charge in [0.2, 0.25) is 0 Å². The van der Waals surface area contributed by atoms with E-state index in [1.165, 1.54) is 11.5 Å². The molecule has 0 radical (unpaired) electrons. The number of hydrogen-bond acceptors (Lipinski definition) is 2. The van der Waals surface area contributed by atoms with Crippen LogP contribution in [0.2, 0.25) is 0 Å². The predicted octanol–water partition coefficient (Wildman–Crippen LogP) is 4.24. The molecule has 1 rings (SSSR count). The van der Waals surface area contributed by atoms with Crippen molar-refractivity contribution in [2.45, 2.75) is 27.7 Å². The molecule has 0 aliphatic carbocycles. The van der Waals surface area contributed by atoms with Crippen LogP contribution in [0.5, 0.6) is 0 Å². The lowest BCUT2D eigenvalue weighted by molar-refractivity contribution is 1.42. The molecular formula is C11H17NS. The molecule has 0 aromatic carbocycles. The Balaban J connectivity index is 0.000000671. The number of rotatable bonds is 2. The van der Waals surface area contributed by atoms with Gasteiger partial charge in [0.25, 0.3) is 0 Å². The smallest absolute Gasteiger partial charge is 0.0866 e. The zero-order valence-corrected chi connectivity index (χ0v) is 9.66. The van der Waals surface area contributed by atoms with Gasteiger partial charge >= 0.3 is 0 Å². The van der Waals surface area contributed by atoms with Crippen LogP contribution in [0.1, 0.15) is 39.0 Å². The second-order valence-corrected chi connectivity index (χ2v) is 3.27. The lowest BCUT2D eigenvalue weighted by Gasteiger charge is -1.98. The standard InChI is InChI=1S/C9H11NS.C2H6/c1-6(2)8-5-11-10-9(8)7(3)4;1-2/h5H,1,3H2,2,4H3;1-2H3. The van der Waals surface area contributed by atoms with E-state index in [2.05, 4.69) is 17.5 Å². The normalized spacial score (nSPS) is 8.62. The van der Waals surface area contributed by atoms with E-state index in [4.69, 9.17) is 0 Å². The van der Waals surface area contributed by atoms with Crippen molar-refractivity contribution in [3.05, 3.63) is 29.8 Å². The van der Waals surface area contributed by atoms with Crippen LogP contribution >= 0.6 is 11.5 Å². The molecule has 0 aliphatic heterocycles. The Morgan fingerprint density at radius 1 is 1.23 bits per heavy atom. The zero-order chi connectivity index (χ0) is 10.4. The zero-order valence-electron chi connectivity index (χ0n) is 8.85. The first-order chi connectivity index (χ1) is 6.13. The van der Waals surface area contributed by atoms with E-state index in [1.807, 2.05) is 33.1 Å². The molecule has 1 heterocycles. The molecule has 1 aromatic rings. The highest BCUT2D eigenvalue weighted by atomic mass is 32.1. The Morgan fingerprint density at radius 3 is 2.08 bits per heavy atom. The fourth-order valence-corrected chi connectivity index (χ4v) is 1.68. The molecule has 0 saturated heterocycles. The minimum Gasteiger partial charge on any atom is -0.192 e. The molecule has 0 amide bonds. The predicted molar refractivity (Wildman–Crippen MR) is 62.9 cm³/mol. The minimum atomic E-state index is 0.988. The molecular weight excluding hydrogens is 178 g/mol. The van der Waals surface area contributed by atoms with Crippen molar-refractivity contribution in [2.24, 2.45) is 0 Å². The molecule has 0 aliphatic rings. The van der Waals surface area contributed by atoms with E-state index in [9.17, 15) is 0 Å².